The van der Waals surface area contributed by atoms with Crippen molar-refractivity contribution in [3.8, 4) is 5.75 Å². The average molecular weight is 278 g/mol. The lowest BCUT2D eigenvalue weighted by Crippen LogP contribution is -2.02. The van der Waals surface area contributed by atoms with Crippen molar-refractivity contribution in [3.05, 3.63) is 30.3 Å². The highest BCUT2D eigenvalue weighted by molar-refractivity contribution is 8.93. The molecule has 0 radical (unpaired) electrons. The quantitative estimate of drug-likeness (QED) is 0.748. The molecule has 80 valence electrons. The molecule has 1 nitrogen and oxygen atoms in total. The highest BCUT2D eigenvalue weighted by atomic mass is 79.9. The molecule has 0 heterocycles. The molecule has 0 aliphatic heterocycles. The summed E-state index contributed by atoms with van der Waals surface area (Å²) in [6, 6.07) is 10.1. The van der Waals surface area contributed by atoms with E-state index in [1.807, 2.05) is 30.3 Å². The molecule has 0 N–H and O–H groups in total. The lowest BCUT2D eigenvalue weighted by Gasteiger charge is -2.16. The molecule has 0 fully saturated rings. The molecule has 0 unspecified atom stereocenters. The zero-order chi connectivity index (χ0) is 9.73. The molecular weight excluding hydrogens is 259 g/mol. The van der Waals surface area contributed by atoms with E-state index in [9.17, 15) is 0 Å². The Morgan fingerprint density at radius 1 is 1.14 bits per heavy atom. The van der Waals surface area contributed by atoms with E-state index in [4.69, 9.17) is 4.52 Å². The second-order valence-electron chi connectivity index (χ2n) is 3.70. The van der Waals surface area contributed by atoms with Crippen LogP contribution in [-0.4, -0.2) is 19.5 Å². The summed E-state index contributed by atoms with van der Waals surface area (Å²) in [4.78, 5) is 0. The van der Waals surface area contributed by atoms with Gasteiger partial charge in [-0.1, -0.05) is 25.1 Å². The van der Waals surface area contributed by atoms with Gasteiger partial charge in [-0.3, -0.25) is 0 Å². The molecule has 1 aromatic rings. The molecule has 14 heavy (non-hydrogen) atoms. The third-order valence-electron chi connectivity index (χ3n) is 1.86. The lowest BCUT2D eigenvalue weighted by molar-refractivity contribution is 0.601. The normalized spacial score (nSPS) is 10.5. The molecule has 0 aliphatic carbocycles. The predicted octanol–water partition coefficient (Wildman–Crippen LogP) is 4.25. The third kappa shape index (κ3) is 4.97. The Kier molecular flexibility index (Phi) is 6.39. The van der Waals surface area contributed by atoms with Gasteiger partial charge < -0.3 is 4.52 Å². The molecule has 3 heteroatoms. The first kappa shape index (κ1) is 13.9. The molecule has 1 aromatic carbocycles. The van der Waals surface area contributed by atoms with Gasteiger partial charge in [0.15, 0.2) is 13.2 Å². The van der Waals surface area contributed by atoms with Crippen molar-refractivity contribution in [1.82, 2.24) is 0 Å². The van der Waals surface area contributed by atoms with E-state index >= 15 is 0 Å². The largest absolute Gasteiger partial charge is 0.351 e. The molecule has 0 atom stereocenters. The van der Waals surface area contributed by atoms with Crippen LogP contribution in [0.25, 0.3) is 0 Å². The molecule has 0 amide bonds. The Labute approximate surface area is 98.1 Å². The minimum atomic E-state index is -1.16. The molecule has 0 saturated carbocycles. The summed E-state index contributed by atoms with van der Waals surface area (Å²) < 4.78 is 5.95. The summed E-state index contributed by atoms with van der Waals surface area (Å²) in [5, 5.41) is 0. The summed E-state index contributed by atoms with van der Waals surface area (Å²) in [7, 11) is -1.16. The average Bonchev–Trinajstić information content (AvgIpc) is 2.04. The van der Waals surface area contributed by atoms with Gasteiger partial charge in [0.1, 0.15) is 0 Å². The second-order valence-corrected chi connectivity index (χ2v) is 7.48. The van der Waals surface area contributed by atoms with Crippen molar-refractivity contribution >= 4 is 24.5 Å². The minimum absolute atomic E-state index is 0. The fourth-order valence-corrected chi connectivity index (χ4v) is 3.21. The van der Waals surface area contributed by atoms with Crippen molar-refractivity contribution in [2.75, 3.05) is 19.5 Å². The first-order chi connectivity index (χ1) is 6.14. The van der Waals surface area contributed by atoms with Gasteiger partial charge in [0, 0.05) is 0 Å². The Morgan fingerprint density at radius 2 is 1.71 bits per heavy atom. The Morgan fingerprint density at radius 3 is 2.21 bits per heavy atom. The van der Waals surface area contributed by atoms with Gasteiger partial charge in [-0.05, 0) is 18.6 Å². The number of benzene rings is 1. The van der Waals surface area contributed by atoms with Crippen LogP contribution in [0.3, 0.4) is 0 Å². The van der Waals surface area contributed by atoms with Gasteiger partial charge in [-0.15, -0.1) is 17.0 Å². The summed E-state index contributed by atoms with van der Waals surface area (Å²) in [5.74, 6) is 1.01. The molecular formula is C11H19BrOP+. The smallest absolute Gasteiger partial charge is 0.185 e. The zero-order valence-corrected chi connectivity index (χ0v) is 11.7. The SMILES string of the molecule is Br.CCC[P+](C)(C)Oc1ccccc1. The summed E-state index contributed by atoms with van der Waals surface area (Å²) in [5.41, 5.74) is 0. The monoisotopic (exact) mass is 277 g/mol. The Balaban J connectivity index is 0.00000169. The van der Waals surface area contributed by atoms with Crippen LogP contribution < -0.4 is 4.52 Å². The van der Waals surface area contributed by atoms with Gasteiger partial charge in [0.2, 0.25) is 0 Å². The van der Waals surface area contributed by atoms with E-state index in [1.54, 1.807) is 0 Å². The van der Waals surface area contributed by atoms with E-state index in [0.29, 0.717) is 0 Å². The Hall–Kier alpha value is -0.0700. The van der Waals surface area contributed by atoms with Gasteiger partial charge in [0.05, 0.1) is 19.5 Å². The van der Waals surface area contributed by atoms with Gasteiger partial charge in [0.25, 0.3) is 0 Å². The van der Waals surface area contributed by atoms with Crippen molar-refractivity contribution in [3.63, 3.8) is 0 Å². The highest BCUT2D eigenvalue weighted by Gasteiger charge is 2.26. The number of hydrogen-bond donors (Lipinski definition) is 0. The van der Waals surface area contributed by atoms with Crippen molar-refractivity contribution in [2.45, 2.75) is 13.3 Å². The fourth-order valence-electron chi connectivity index (χ4n) is 1.35. The maximum Gasteiger partial charge on any atom is 0.185 e. The zero-order valence-electron chi connectivity index (χ0n) is 9.06. The molecule has 0 saturated heterocycles. The van der Waals surface area contributed by atoms with Crippen LogP contribution in [0.5, 0.6) is 5.75 Å². The maximum atomic E-state index is 5.95. The highest BCUT2D eigenvalue weighted by Crippen LogP contribution is 2.52. The van der Waals surface area contributed by atoms with E-state index in [2.05, 4.69) is 20.3 Å². The van der Waals surface area contributed by atoms with E-state index in [-0.39, 0.29) is 17.0 Å². The van der Waals surface area contributed by atoms with Crippen LogP contribution >= 0.6 is 24.5 Å². The van der Waals surface area contributed by atoms with Gasteiger partial charge >= 0.3 is 0 Å². The van der Waals surface area contributed by atoms with Crippen LogP contribution in [0.1, 0.15) is 13.3 Å². The van der Waals surface area contributed by atoms with E-state index in [0.717, 1.165) is 5.75 Å². The van der Waals surface area contributed by atoms with E-state index in [1.165, 1.54) is 12.6 Å². The predicted molar refractivity (Wildman–Crippen MR) is 71.3 cm³/mol. The van der Waals surface area contributed by atoms with Gasteiger partial charge in [-0.25, -0.2) is 0 Å². The fraction of sp³-hybridized carbons (Fsp3) is 0.455. The second kappa shape index (κ2) is 6.42. The molecule has 0 bridgehead atoms. The van der Waals surface area contributed by atoms with E-state index < -0.39 is 7.49 Å². The standard InChI is InChI=1S/C11H18OP.BrH/c1-4-10-13(2,3)12-11-8-6-5-7-9-11;/h5-9H,4,10H2,1-3H3;1H/q+1;. The Bertz CT molecular complexity index is 249. The molecule has 0 aliphatic rings. The summed E-state index contributed by atoms with van der Waals surface area (Å²) >= 11 is 0. The van der Waals surface area contributed by atoms with Crippen molar-refractivity contribution in [1.29, 1.82) is 0 Å². The number of para-hydroxylation sites is 1. The van der Waals surface area contributed by atoms with Crippen LogP contribution in [0.2, 0.25) is 0 Å². The minimum Gasteiger partial charge on any atom is -0.351 e. The number of halogens is 1. The first-order valence-corrected chi connectivity index (χ1v) is 7.50. The first-order valence-electron chi connectivity index (χ1n) is 4.72. The topological polar surface area (TPSA) is 9.23 Å². The van der Waals surface area contributed by atoms with Gasteiger partial charge in [-0.2, -0.15) is 0 Å². The third-order valence-corrected chi connectivity index (χ3v) is 4.09. The lowest BCUT2D eigenvalue weighted by atomic mass is 10.3. The van der Waals surface area contributed by atoms with Crippen LogP contribution in [0.15, 0.2) is 30.3 Å². The summed E-state index contributed by atoms with van der Waals surface area (Å²) in [6.45, 7) is 6.68. The number of hydrogen-bond acceptors (Lipinski definition) is 1. The maximum absolute atomic E-state index is 5.95. The summed E-state index contributed by atoms with van der Waals surface area (Å²) in [6.07, 6.45) is 2.40. The van der Waals surface area contributed by atoms with Crippen LogP contribution in [0.4, 0.5) is 0 Å². The number of rotatable bonds is 4. The van der Waals surface area contributed by atoms with Crippen LogP contribution in [0, 0.1) is 0 Å². The molecule has 0 spiro atoms. The van der Waals surface area contributed by atoms with Crippen molar-refractivity contribution < 1.29 is 4.52 Å². The molecule has 1 rings (SSSR count). The molecule has 0 aromatic heterocycles. The van der Waals surface area contributed by atoms with Crippen LogP contribution in [-0.2, 0) is 0 Å². The van der Waals surface area contributed by atoms with Crippen molar-refractivity contribution in [2.24, 2.45) is 0 Å².